The number of imide groups is 1. The number of nitrogens with one attached hydrogen (secondary N) is 1. The van der Waals surface area contributed by atoms with Crippen molar-refractivity contribution in [3.63, 3.8) is 0 Å². The number of hydrogen-bond acceptors (Lipinski definition) is 6. The van der Waals surface area contributed by atoms with Crippen molar-refractivity contribution in [2.24, 2.45) is 0 Å². The Bertz CT molecular complexity index is 1080. The van der Waals surface area contributed by atoms with Crippen LogP contribution in [0.4, 0.5) is 5.82 Å². The summed E-state index contributed by atoms with van der Waals surface area (Å²) >= 11 is 0. The second-order valence-electron chi connectivity index (χ2n) is 7.29. The fourth-order valence-electron chi connectivity index (χ4n) is 3.83. The molecule has 3 N–H and O–H groups in total. The molecule has 0 bridgehead atoms. The first-order valence-corrected chi connectivity index (χ1v) is 9.22. The van der Waals surface area contributed by atoms with E-state index in [1.807, 2.05) is 13.8 Å². The van der Waals surface area contributed by atoms with Crippen molar-refractivity contribution in [2.45, 2.75) is 26.1 Å². The number of amides is 3. The molecule has 150 valence electrons. The maximum absolute atomic E-state index is 12.8. The van der Waals surface area contributed by atoms with Gasteiger partial charge in [-0.05, 0) is 38.1 Å². The Kier molecular flexibility index (Phi) is 4.46. The average molecular weight is 396 g/mol. The molecule has 29 heavy (non-hydrogen) atoms. The molecule has 1 aromatic heterocycles. The molecular weight excluding hydrogens is 376 g/mol. The van der Waals surface area contributed by atoms with Crippen LogP contribution >= 0.6 is 0 Å². The molecule has 2 aliphatic rings. The highest BCUT2D eigenvalue weighted by Gasteiger charge is 2.32. The normalized spacial score (nSPS) is 21.1. The van der Waals surface area contributed by atoms with Crippen LogP contribution in [-0.2, 0) is 4.74 Å². The number of morpholine rings is 1. The third-order valence-electron chi connectivity index (χ3n) is 5.03. The van der Waals surface area contributed by atoms with Crippen LogP contribution in [0.15, 0.2) is 35.1 Å². The minimum Gasteiger partial charge on any atom is -0.384 e. The van der Waals surface area contributed by atoms with Gasteiger partial charge in [-0.25, -0.2) is 0 Å². The van der Waals surface area contributed by atoms with Crippen LogP contribution in [-0.4, -0.2) is 52.5 Å². The SMILES string of the molecule is CC1CN(C(=O)c2ccc(-n3c(N)c4c(cc3=O)C(=O)NC4=O)cc2)CC(C)O1. The summed E-state index contributed by atoms with van der Waals surface area (Å²) < 4.78 is 6.80. The molecule has 1 aromatic carbocycles. The lowest BCUT2D eigenvalue weighted by atomic mass is 10.1. The van der Waals surface area contributed by atoms with Gasteiger partial charge < -0.3 is 15.4 Å². The van der Waals surface area contributed by atoms with E-state index >= 15 is 0 Å². The maximum atomic E-state index is 12.8. The van der Waals surface area contributed by atoms with E-state index in [1.54, 1.807) is 29.2 Å². The molecule has 2 atom stereocenters. The number of carbonyl (C=O) groups excluding carboxylic acids is 3. The molecule has 9 nitrogen and oxygen atoms in total. The van der Waals surface area contributed by atoms with Gasteiger partial charge in [-0.15, -0.1) is 0 Å². The summed E-state index contributed by atoms with van der Waals surface area (Å²) in [5.41, 5.74) is 6.29. The number of pyridine rings is 1. The fourth-order valence-corrected chi connectivity index (χ4v) is 3.83. The smallest absolute Gasteiger partial charge is 0.262 e. The molecule has 0 spiro atoms. The summed E-state index contributed by atoms with van der Waals surface area (Å²) in [6.07, 6.45) is -0.0822. The number of nitrogens with zero attached hydrogens (tertiary/aromatic N) is 2. The zero-order valence-electron chi connectivity index (χ0n) is 16.0. The van der Waals surface area contributed by atoms with Crippen LogP contribution < -0.4 is 16.6 Å². The monoisotopic (exact) mass is 396 g/mol. The fraction of sp³-hybridized carbons (Fsp3) is 0.300. The van der Waals surface area contributed by atoms with Crippen molar-refractivity contribution in [2.75, 3.05) is 18.8 Å². The number of benzene rings is 1. The van der Waals surface area contributed by atoms with Crippen LogP contribution in [0, 0.1) is 0 Å². The van der Waals surface area contributed by atoms with E-state index in [1.165, 1.54) is 0 Å². The molecule has 2 aromatic rings. The quantitative estimate of drug-likeness (QED) is 0.715. The van der Waals surface area contributed by atoms with Crippen molar-refractivity contribution in [1.29, 1.82) is 0 Å². The average Bonchev–Trinajstić information content (AvgIpc) is 2.94. The second-order valence-corrected chi connectivity index (χ2v) is 7.29. The summed E-state index contributed by atoms with van der Waals surface area (Å²) in [4.78, 5) is 50.8. The molecule has 9 heteroatoms. The first kappa shape index (κ1) is 18.9. The van der Waals surface area contributed by atoms with Gasteiger partial charge in [0.2, 0.25) is 0 Å². The molecule has 2 unspecified atom stereocenters. The Hall–Kier alpha value is -3.46. The molecule has 3 heterocycles. The number of anilines is 1. The first-order chi connectivity index (χ1) is 13.8. The van der Waals surface area contributed by atoms with Gasteiger partial charge in [0, 0.05) is 24.7 Å². The molecule has 3 amide bonds. The van der Waals surface area contributed by atoms with E-state index in [4.69, 9.17) is 10.5 Å². The lowest BCUT2D eigenvalue weighted by Crippen LogP contribution is -2.48. The van der Waals surface area contributed by atoms with Gasteiger partial charge in [0.05, 0.1) is 29.0 Å². The summed E-state index contributed by atoms with van der Waals surface area (Å²) in [6.45, 7) is 4.85. The van der Waals surface area contributed by atoms with Gasteiger partial charge in [0.1, 0.15) is 5.82 Å². The number of aromatic nitrogens is 1. The van der Waals surface area contributed by atoms with Crippen LogP contribution in [0.5, 0.6) is 0 Å². The Labute approximate surface area is 166 Å². The Morgan fingerprint density at radius 1 is 1.07 bits per heavy atom. The van der Waals surface area contributed by atoms with Crippen molar-refractivity contribution >= 4 is 23.5 Å². The van der Waals surface area contributed by atoms with Crippen LogP contribution in [0.1, 0.15) is 44.9 Å². The molecule has 1 fully saturated rings. The Balaban J connectivity index is 1.66. The van der Waals surface area contributed by atoms with Gasteiger partial charge in [-0.2, -0.15) is 0 Å². The van der Waals surface area contributed by atoms with Crippen molar-refractivity contribution in [1.82, 2.24) is 14.8 Å². The van der Waals surface area contributed by atoms with Crippen LogP contribution in [0.3, 0.4) is 0 Å². The third kappa shape index (κ3) is 3.19. The van der Waals surface area contributed by atoms with Crippen molar-refractivity contribution in [3.8, 4) is 5.69 Å². The number of hydrogen-bond donors (Lipinski definition) is 2. The summed E-state index contributed by atoms with van der Waals surface area (Å²) in [5, 5.41) is 2.13. The maximum Gasteiger partial charge on any atom is 0.262 e. The number of fused-ring (bicyclic) bond motifs is 1. The molecule has 1 saturated heterocycles. The Morgan fingerprint density at radius 2 is 1.69 bits per heavy atom. The van der Waals surface area contributed by atoms with Gasteiger partial charge in [0.25, 0.3) is 23.3 Å². The number of ether oxygens (including phenoxy) is 1. The van der Waals surface area contributed by atoms with E-state index < -0.39 is 17.4 Å². The van der Waals surface area contributed by atoms with Crippen molar-refractivity contribution < 1.29 is 19.1 Å². The second kappa shape index (κ2) is 6.85. The highest BCUT2D eigenvalue weighted by Crippen LogP contribution is 2.23. The largest absolute Gasteiger partial charge is 0.384 e. The zero-order valence-corrected chi connectivity index (χ0v) is 16.0. The van der Waals surface area contributed by atoms with E-state index in [0.717, 1.165) is 10.6 Å². The highest BCUT2D eigenvalue weighted by molar-refractivity contribution is 6.23. The number of nitrogens with two attached hydrogens (primary N) is 1. The molecule has 0 aliphatic carbocycles. The lowest BCUT2D eigenvalue weighted by molar-refractivity contribution is -0.0586. The summed E-state index contributed by atoms with van der Waals surface area (Å²) in [7, 11) is 0. The van der Waals surface area contributed by atoms with Crippen LogP contribution in [0.2, 0.25) is 0 Å². The highest BCUT2D eigenvalue weighted by atomic mass is 16.5. The minimum atomic E-state index is -0.643. The Morgan fingerprint density at radius 3 is 2.31 bits per heavy atom. The minimum absolute atomic E-state index is 0.0222. The zero-order chi connectivity index (χ0) is 20.9. The molecule has 2 aliphatic heterocycles. The van der Waals surface area contributed by atoms with Gasteiger partial charge in [0.15, 0.2) is 0 Å². The first-order valence-electron chi connectivity index (χ1n) is 9.22. The summed E-state index contributed by atoms with van der Waals surface area (Å²) in [5.74, 6) is -1.53. The van der Waals surface area contributed by atoms with Crippen molar-refractivity contribution in [3.05, 3.63) is 57.4 Å². The lowest BCUT2D eigenvalue weighted by Gasteiger charge is -2.35. The van der Waals surface area contributed by atoms with E-state index in [-0.39, 0.29) is 35.1 Å². The molecule has 4 rings (SSSR count). The number of nitrogen functional groups attached to an aromatic ring is 1. The van der Waals surface area contributed by atoms with E-state index in [2.05, 4.69) is 5.32 Å². The number of rotatable bonds is 2. The molecular formula is C20H20N4O5. The predicted octanol–water partition coefficient (Wildman–Crippen LogP) is 0.553. The van der Waals surface area contributed by atoms with Crippen LogP contribution in [0.25, 0.3) is 5.69 Å². The van der Waals surface area contributed by atoms with Gasteiger partial charge >= 0.3 is 0 Å². The standard InChI is InChI=1S/C20H20N4O5/c1-10-8-23(9-11(2)29-10)20(28)12-3-5-13(6-4-12)24-15(25)7-14-16(17(24)21)19(27)22-18(14)26/h3-7,10-11H,8-9,21H2,1-2H3,(H,22,26,27). The summed E-state index contributed by atoms with van der Waals surface area (Å²) in [6, 6.07) is 7.46. The predicted molar refractivity (Wildman–Crippen MR) is 104 cm³/mol. The van der Waals surface area contributed by atoms with E-state index in [9.17, 15) is 19.2 Å². The third-order valence-corrected chi connectivity index (χ3v) is 5.03. The van der Waals surface area contributed by atoms with Gasteiger partial charge in [-0.1, -0.05) is 0 Å². The number of carbonyl (C=O) groups is 3. The topological polar surface area (TPSA) is 124 Å². The van der Waals surface area contributed by atoms with E-state index in [0.29, 0.717) is 24.3 Å². The molecule has 0 saturated carbocycles. The molecule has 0 radical (unpaired) electrons. The van der Waals surface area contributed by atoms with Gasteiger partial charge in [-0.3, -0.25) is 29.1 Å².